The van der Waals surface area contributed by atoms with Gasteiger partial charge in [-0.25, -0.2) is 0 Å². The minimum Gasteiger partial charge on any atom is -0.494 e. The number of allylic oxidation sites excluding steroid dienone is 1. The summed E-state index contributed by atoms with van der Waals surface area (Å²) in [6.07, 6.45) is 3.97. The molecule has 0 N–H and O–H groups in total. The third kappa shape index (κ3) is 3.90. The SMILES string of the molecule is [CH2]C(C=C)c1cc(Cl)cc(OCCCC)c1. The molecule has 0 spiro atoms. The van der Waals surface area contributed by atoms with Crippen LogP contribution in [0.1, 0.15) is 31.2 Å². The van der Waals surface area contributed by atoms with Crippen molar-refractivity contribution in [3.8, 4) is 5.75 Å². The van der Waals surface area contributed by atoms with Gasteiger partial charge in [-0.1, -0.05) is 31.0 Å². The van der Waals surface area contributed by atoms with E-state index in [1.54, 1.807) is 6.08 Å². The Kier molecular flexibility index (Phi) is 5.41. The van der Waals surface area contributed by atoms with E-state index in [-0.39, 0.29) is 5.92 Å². The summed E-state index contributed by atoms with van der Waals surface area (Å²) in [5.41, 5.74) is 1.04. The zero-order valence-corrected chi connectivity index (χ0v) is 10.5. The molecule has 0 fully saturated rings. The molecule has 0 bridgehead atoms. The van der Waals surface area contributed by atoms with Gasteiger partial charge in [-0.3, -0.25) is 0 Å². The van der Waals surface area contributed by atoms with E-state index in [4.69, 9.17) is 16.3 Å². The van der Waals surface area contributed by atoms with Crippen LogP contribution < -0.4 is 4.74 Å². The fourth-order valence-corrected chi connectivity index (χ4v) is 1.59. The first-order chi connectivity index (χ1) is 7.67. The molecular weight excluding hydrogens is 220 g/mol. The highest BCUT2D eigenvalue weighted by molar-refractivity contribution is 6.30. The molecule has 0 aromatic heterocycles. The van der Waals surface area contributed by atoms with Crippen molar-refractivity contribution in [3.05, 3.63) is 48.4 Å². The van der Waals surface area contributed by atoms with Crippen LogP contribution in [0, 0.1) is 6.92 Å². The van der Waals surface area contributed by atoms with Gasteiger partial charge in [0.2, 0.25) is 0 Å². The molecule has 0 aliphatic heterocycles. The van der Waals surface area contributed by atoms with Crippen molar-refractivity contribution in [2.24, 2.45) is 0 Å². The zero-order valence-electron chi connectivity index (χ0n) is 9.71. The van der Waals surface area contributed by atoms with Gasteiger partial charge in [-0.05, 0) is 37.1 Å². The van der Waals surface area contributed by atoms with E-state index in [0.29, 0.717) is 5.02 Å². The van der Waals surface area contributed by atoms with Gasteiger partial charge in [0, 0.05) is 10.9 Å². The Bertz CT molecular complexity index is 347. The van der Waals surface area contributed by atoms with Crippen LogP contribution in [0.3, 0.4) is 0 Å². The molecule has 0 heterocycles. The Morgan fingerprint density at radius 1 is 1.44 bits per heavy atom. The maximum Gasteiger partial charge on any atom is 0.121 e. The number of rotatable bonds is 6. The Morgan fingerprint density at radius 3 is 2.81 bits per heavy atom. The van der Waals surface area contributed by atoms with E-state index in [2.05, 4.69) is 20.4 Å². The van der Waals surface area contributed by atoms with Crippen LogP contribution in [0.5, 0.6) is 5.75 Å². The van der Waals surface area contributed by atoms with Crippen molar-refractivity contribution < 1.29 is 4.74 Å². The maximum absolute atomic E-state index is 6.02. The van der Waals surface area contributed by atoms with Crippen LogP contribution >= 0.6 is 11.6 Å². The van der Waals surface area contributed by atoms with Gasteiger partial charge < -0.3 is 4.74 Å². The van der Waals surface area contributed by atoms with E-state index >= 15 is 0 Å². The lowest BCUT2D eigenvalue weighted by molar-refractivity contribution is 0.309. The number of ether oxygens (including phenoxy) is 1. The van der Waals surface area contributed by atoms with Gasteiger partial charge >= 0.3 is 0 Å². The third-order valence-electron chi connectivity index (χ3n) is 2.37. The molecule has 87 valence electrons. The average Bonchev–Trinajstić information content (AvgIpc) is 2.27. The van der Waals surface area contributed by atoms with Crippen LogP contribution in [-0.4, -0.2) is 6.61 Å². The largest absolute Gasteiger partial charge is 0.494 e. The van der Waals surface area contributed by atoms with E-state index in [0.717, 1.165) is 30.8 Å². The molecule has 0 saturated carbocycles. The minimum atomic E-state index is 0.0484. The molecule has 0 amide bonds. The van der Waals surface area contributed by atoms with Crippen LogP contribution in [-0.2, 0) is 0 Å². The Hall–Kier alpha value is -0.950. The molecule has 16 heavy (non-hydrogen) atoms. The molecule has 1 rings (SSSR count). The summed E-state index contributed by atoms with van der Waals surface area (Å²) in [7, 11) is 0. The Balaban J connectivity index is 2.77. The highest BCUT2D eigenvalue weighted by Crippen LogP contribution is 2.26. The number of hydrogen-bond acceptors (Lipinski definition) is 1. The predicted molar refractivity (Wildman–Crippen MR) is 70.2 cm³/mol. The fourth-order valence-electron chi connectivity index (χ4n) is 1.35. The summed E-state index contributed by atoms with van der Waals surface area (Å²) >= 11 is 6.02. The van der Waals surface area contributed by atoms with E-state index in [9.17, 15) is 0 Å². The molecule has 0 saturated heterocycles. The predicted octanol–water partition coefficient (Wildman–Crippen LogP) is 4.62. The van der Waals surface area contributed by atoms with Gasteiger partial charge in [0.05, 0.1) is 6.61 Å². The fraction of sp³-hybridized carbons (Fsp3) is 0.357. The second-order valence-electron chi connectivity index (χ2n) is 3.76. The van der Waals surface area contributed by atoms with Crippen LogP contribution in [0.4, 0.5) is 0 Å². The molecule has 2 heteroatoms. The highest BCUT2D eigenvalue weighted by Gasteiger charge is 2.05. The summed E-state index contributed by atoms with van der Waals surface area (Å²) < 4.78 is 5.62. The molecule has 1 radical (unpaired) electrons. The molecule has 1 aromatic carbocycles. The first-order valence-corrected chi connectivity index (χ1v) is 5.94. The quantitative estimate of drug-likeness (QED) is 0.518. The average molecular weight is 238 g/mol. The topological polar surface area (TPSA) is 9.23 Å². The summed E-state index contributed by atoms with van der Waals surface area (Å²) in [5.74, 6) is 0.860. The molecule has 1 nitrogen and oxygen atoms in total. The number of hydrogen-bond donors (Lipinski definition) is 0. The van der Waals surface area contributed by atoms with E-state index in [1.807, 2.05) is 18.2 Å². The summed E-state index contributed by atoms with van der Waals surface area (Å²) in [6, 6.07) is 5.70. The Labute approximate surface area is 103 Å². The van der Waals surface area contributed by atoms with Gasteiger partial charge in [-0.15, -0.1) is 6.58 Å². The van der Waals surface area contributed by atoms with Crippen LogP contribution in [0.25, 0.3) is 0 Å². The first-order valence-electron chi connectivity index (χ1n) is 5.56. The second kappa shape index (κ2) is 6.59. The van der Waals surface area contributed by atoms with E-state index in [1.165, 1.54) is 0 Å². The van der Waals surface area contributed by atoms with Crippen molar-refractivity contribution in [2.45, 2.75) is 25.7 Å². The summed E-state index contributed by atoms with van der Waals surface area (Å²) in [4.78, 5) is 0. The van der Waals surface area contributed by atoms with Crippen molar-refractivity contribution in [2.75, 3.05) is 6.61 Å². The third-order valence-corrected chi connectivity index (χ3v) is 2.59. The summed E-state index contributed by atoms with van der Waals surface area (Å²) in [5, 5.41) is 0.680. The van der Waals surface area contributed by atoms with Gasteiger partial charge in [-0.2, -0.15) is 0 Å². The smallest absolute Gasteiger partial charge is 0.121 e. The lowest BCUT2D eigenvalue weighted by Crippen LogP contribution is -1.98. The van der Waals surface area contributed by atoms with Crippen LogP contribution in [0.2, 0.25) is 5.02 Å². The van der Waals surface area contributed by atoms with Gasteiger partial charge in [0.25, 0.3) is 0 Å². The summed E-state index contributed by atoms with van der Waals surface area (Å²) in [6.45, 7) is 10.6. The number of benzene rings is 1. The molecule has 1 aromatic rings. The van der Waals surface area contributed by atoms with Crippen molar-refractivity contribution in [1.29, 1.82) is 0 Å². The van der Waals surface area contributed by atoms with E-state index < -0.39 is 0 Å². The second-order valence-corrected chi connectivity index (χ2v) is 4.20. The first kappa shape index (κ1) is 13.1. The number of halogens is 1. The van der Waals surface area contributed by atoms with Crippen molar-refractivity contribution in [3.63, 3.8) is 0 Å². The maximum atomic E-state index is 6.02. The standard InChI is InChI=1S/C14H18ClO/c1-4-6-7-16-14-9-12(11(3)5-2)8-13(15)10-14/h5,8-11H,2-4,6-7H2,1H3. The molecule has 0 aliphatic carbocycles. The lowest BCUT2D eigenvalue weighted by atomic mass is 10.0. The van der Waals surface area contributed by atoms with Gasteiger partial charge in [0.1, 0.15) is 5.75 Å². The highest BCUT2D eigenvalue weighted by atomic mass is 35.5. The van der Waals surface area contributed by atoms with Gasteiger partial charge in [0.15, 0.2) is 0 Å². The minimum absolute atomic E-state index is 0.0484. The molecule has 0 aliphatic rings. The Morgan fingerprint density at radius 2 is 2.19 bits per heavy atom. The molecule has 1 atom stereocenters. The zero-order chi connectivity index (χ0) is 12.0. The molecular formula is C14H18ClO. The monoisotopic (exact) mass is 237 g/mol. The lowest BCUT2D eigenvalue weighted by Gasteiger charge is -2.11. The number of unbranched alkanes of at least 4 members (excludes halogenated alkanes) is 1. The van der Waals surface area contributed by atoms with Crippen molar-refractivity contribution in [1.82, 2.24) is 0 Å². The normalized spacial score (nSPS) is 12.2. The van der Waals surface area contributed by atoms with Crippen molar-refractivity contribution >= 4 is 11.6 Å². The van der Waals surface area contributed by atoms with Crippen LogP contribution in [0.15, 0.2) is 30.9 Å². The molecule has 1 unspecified atom stereocenters.